The summed E-state index contributed by atoms with van der Waals surface area (Å²) >= 11 is 0. The number of allylic oxidation sites excluding steroid dienone is 1. The first kappa shape index (κ1) is 36.6. The molecular formula is C41H64N2O6. The summed E-state index contributed by atoms with van der Waals surface area (Å²) in [5.74, 6) is -0.169. The standard InChI is InChI=1S/C41H64N2O6/c1-22(2)31-28(44)21-41(43-35(48)37(6,7)42-11)19-18-39(9)25(32(31)41)12-13-30-38(8)16-15-29(23(3)24(38)14-17-40(30,39)10)49-34(47)27-20-26(33(45)46)36(27,4)5/h22-27,29-30,42H,12-21H2,1-11H3,(H,43,48)(H,45,46)/t23-,24?,25-,26+,27-,29+,30?,38+,39-,40-,41-/m1/s1. The summed E-state index contributed by atoms with van der Waals surface area (Å²) in [6, 6.07) is 0. The summed E-state index contributed by atoms with van der Waals surface area (Å²) in [6.07, 6.45) is 8.56. The summed E-state index contributed by atoms with van der Waals surface area (Å²) in [6.45, 7) is 21.7. The summed E-state index contributed by atoms with van der Waals surface area (Å²) < 4.78 is 6.29. The Bertz CT molecular complexity index is 1460. The van der Waals surface area contributed by atoms with E-state index in [9.17, 15) is 24.3 Å². The predicted octanol–water partition coefficient (Wildman–Crippen LogP) is 7.10. The number of esters is 1. The Balaban J connectivity index is 1.26. The third-order valence-corrected chi connectivity index (χ3v) is 16.6. The first-order valence-electron chi connectivity index (χ1n) is 19.3. The second-order valence-corrected chi connectivity index (χ2v) is 19.5. The lowest BCUT2D eigenvalue weighted by Crippen LogP contribution is -2.67. The number of fused-ring (bicyclic) bond motifs is 7. The third-order valence-electron chi connectivity index (χ3n) is 16.6. The Hall–Kier alpha value is -2.22. The van der Waals surface area contributed by atoms with Crippen LogP contribution in [0.4, 0.5) is 0 Å². The monoisotopic (exact) mass is 680 g/mol. The van der Waals surface area contributed by atoms with Gasteiger partial charge in [0.05, 0.1) is 22.9 Å². The van der Waals surface area contributed by atoms with Gasteiger partial charge >= 0.3 is 11.9 Å². The number of carbonyl (C=O) groups is 4. The number of carboxylic acids is 1. The smallest absolute Gasteiger partial charge is 0.309 e. The first-order valence-corrected chi connectivity index (χ1v) is 19.3. The Kier molecular flexibility index (Phi) is 8.69. The molecule has 3 N–H and O–H groups in total. The van der Waals surface area contributed by atoms with Crippen molar-refractivity contribution in [3.05, 3.63) is 11.1 Å². The van der Waals surface area contributed by atoms with Crippen LogP contribution in [-0.4, -0.2) is 53.0 Å². The van der Waals surface area contributed by atoms with E-state index in [1.807, 2.05) is 34.7 Å². The molecule has 49 heavy (non-hydrogen) atoms. The van der Waals surface area contributed by atoms with E-state index in [1.165, 1.54) is 5.57 Å². The van der Waals surface area contributed by atoms with Gasteiger partial charge in [0.25, 0.3) is 0 Å². The zero-order valence-electron chi connectivity index (χ0n) is 32.2. The molecule has 0 radical (unpaired) electrons. The highest BCUT2D eigenvalue weighted by Gasteiger charge is 2.69. The van der Waals surface area contributed by atoms with Gasteiger partial charge in [0.1, 0.15) is 6.10 Å². The van der Waals surface area contributed by atoms with Crippen LogP contribution in [0, 0.1) is 63.1 Å². The number of hydrogen-bond donors (Lipinski definition) is 3. The molecule has 6 aliphatic carbocycles. The second-order valence-electron chi connectivity index (χ2n) is 19.5. The Morgan fingerprint density at radius 1 is 0.918 bits per heavy atom. The van der Waals surface area contributed by atoms with Crippen LogP contribution < -0.4 is 10.6 Å². The molecule has 0 aromatic carbocycles. The maximum absolute atomic E-state index is 13.9. The Morgan fingerprint density at radius 2 is 1.59 bits per heavy atom. The van der Waals surface area contributed by atoms with Gasteiger partial charge in [0.2, 0.25) is 5.91 Å². The number of carbonyl (C=O) groups excluding carboxylic acids is 3. The van der Waals surface area contributed by atoms with E-state index < -0.39 is 28.4 Å². The molecule has 274 valence electrons. The van der Waals surface area contributed by atoms with Crippen molar-refractivity contribution < 1.29 is 29.0 Å². The van der Waals surface area contributed by atoms with Crippen LogP contribution in [-0.2, 0) is 23.9 Å². The first-order chi connectivity index (χ1) is 22.6. The van der Waals surface area contributed by atoms with E-state index >= 15 is 0 Å². The third kappa shape index (κ3) is 5.05. The minimum absolute atomic E-state index is 0.000217. The normalized spacial score (nSPS) is 44.2. The second kappa shape index (κ2) is 11.6. The number of carboxylic acid groups (broad SMARTS) is 1. The number of ketones is 1. The zero-order chi connectivity index (χ0) is 36.3. The van der Waals surface area contributed by atoms with Crippen LogP contribution in [0.5, 0.6) is 0 Å². The minimum atomic E-state index is -0.827. The van der Waals surface area contributed by atoms with Gasteiger partial charge in [-0.1, -0.05) is 55.4 Å². The van der Waals surface area contributed by atoms with Crippen LogP contribution in [0.25, 0.3) is 0 Å². The van der Waals surface area contributed by atoms with Crippen molar-refractivity contribution in [3.8, 4) is 0 Å². The molecule has 1 amide bonds. The molecule has 5 fully saturated rings. The number of rotatable bonds is 7. The van der Waals surface area contributed by atoms with Crippen LogP contribution in [0.15, 0.2) is 11.1 Å². The Labute approximate surface area is 294 Å². The van der Waals surface area contributed by atoms with Crippen LogP contribution in [0.2, 0.25) is 0 Å². The average molecular weight is 681 g/mol. The maximum atomic E-state index is 13.9. The predicted molar refractivity (Wildman–Crippen MR) is 189 cm³/mol. The van der Waals surface area contributed by atoms with E-state index in [0.29, 0.717) is 24.7 Å². The molecule has 0 heterocycles. The fourth-order valence-corrected chi connectivity index (χ4v) is 13.0. The van der Waals surface area contributed by atoms with Crippen molar-refractivity contribution in [1.82, 2.24) is 10.6 Å². The topological polar surface area (TPSA) is 122 Å². The molecule has 8 heteroatoms. The minimum Gasteiger partial charge on any atom is -0.481 e. The molecule has 0 aromatic rings. The van der Waals surface area contributed by atoms with Crippen molar-refractivity contribution in [2.24, 2.45) is 63.1 Å². The van der Waals surface area contributed by atoms with Gasteiger partial charge in [-0.25, -0.2) is 0 Å². The fraction of sp³-hybridized carbons (Fsp3) is 0.854. The molecular weight excluding hydrogens is 616 g/mol. The number of aliphatic carboxylic acids is 1. The fourth-order valence-electron chi connectivity index (χ4n) is 13.0. The van der Waals surface area contributed by atoms with Crippen molar-refractivity contribution in [2.45, 2.75) is 151 Å². The zero-order valence-corrected chi connectivity index (χ0v) is 32.2. The van der Waals surface area contributed by atoms with E-state index in [0.717, 1.165) is 56.9 Å². The molecule has 6 aliphatic rings. The van der Waals surface area contributed by atoms with Crippen molar-refractivity contribution >= 4 is 23.6 Å². The molecule has 5 saturated carbocycles. The van der Waals surface area contributed by atoms with Crippen LogP contribution in [0.3, 0.4) is 0 Å². The van der Waals surface area contributed by atoms with E-state index in [2.05, 4.69) is 52.2 Å². The van der Waals surface area contributed by atoms with E-state index in [4.69, 9.17) is 4.74 Å². The van der Waals surface area contributed by atoms with Crippen molar-refractivity contribution in [1.29, 1.82) is 0 Å². The molecule has 8 nitrogen and oxygen atoms in total. The summed E-state index contributed by atoms with van der Waals surface area (Å²) in [4.78, 5) is 52.7. The van der Waals surface area contributed by atoms with Gasteiger partial charge in [0.15, 0.2) is 5.78 Å². The number of nitrogens with one attached hydrogen (secondary N) is 2. The molecule has 11 atom stereocenters. The van der Waals surface area contributed by atoms with Gasteiger partial charge in [-0.15, -0.1) is 0 Å². The molecule has 0 aromatic heterocycles. The van der Waals surface area contributed by atoms with Crippen LogP contribution in [0.1, 0.15) is 133 Å². The van der Waals surface area contributed by atoms with E-state index in [-0.39, 0.29) is 63.7 Å². The lowest BCUT2D eigenvalue weighted by Gasteiger charge is -2.71. The van der Waals surface area contributed by atoms with Crippen molar-refractivity contribution in [2.75, 3.05) is 7.05 Å². The number of hydrogen-bond acceptors (Lipinski definition) is 6. The molecule has 2 unspecified atom stereocenters. The van der Waals surface area contributed by atoms with Gasteiger partial charge in [0, 0.05) is 6.42 Å². The van der Waals surface area contributed by atoms with E-state index in [1.54, 1.807) is 0 Å². The largest absolute Gasteiger partial charge is 0.481 e. The summed E-state index contributed by atoms with van der Waals surface area (Å²) in [5.41, 5.74) is 0.489. The van der Waals surface area contributed by atoms with Gasteiger partial charge in [-0.05, 0) is 141 Å². The lowest BCUT2D eigenvalue weighted by atomic mass is 9.34. The lowest BCUT2D eigenvalue weighted by molar-refractivity contribution is -0.217. The molecule has 0 spiro atoms. The number of amides is 1. The molecule has 6 rings (SSSR count). The van der Waals surface area contributed by atoms with Gasteiger partial charge < -0.3 is 20.5 Å². The number of Topliss-reactive ketones (excluding diaryl/α,β-unsaturated/α-hetero) is 1. The molecule has 0 bridgehead atoms. The Morgan fingerprint density at radius 3 is 2.18 bits per heavy atom. The summed E-state index contributed by atoms with van der Waals surface area (Å²) in [5, 5.41) is 16.2. The highest BCUT2D eigenvalue weighted by Crippen LogP contribution is 2.75. The highest BCUT2D eigenvalue weighted by atomic mass is 16.5. The quantitative estimate of drug-likeness (QED) is 0.245. The number of ether oxygens (including phenoxy) is 1. The molecule has 0 aliphatic heterocycles. The van der Waals surface area contributed by atoms with Gasteiger partial charge in [-0.2, -0.15) is 0 Å². The number of likely N-dealkylation sites (N-methyl/N-ethyl adjacent to an activating group) is 1. The van der Waals surface area contributed by atoms with Gasteiger partial charge in [-0.3, -0.25) is 19.2 Å². The molecule has 0 saturated heterocycles. The SMILES string of the molecule is CNC(C)(C)C(=O)N[C@@]12CC[C@]3(C)[C@H](CCC4[C@@]5(C)CC[C@H](OC(=O)[C@H]6C[C@@H](C(=O)O)C6(C)C)[C@H](C)C5CC[C@]43C)C1=C(C(C)C)C(=O)C2. The highest BCUT2D eigenvalue weighted by molar-refractivity contribution is 6.02. The summed E-state index contributed by atoms with van der Waals surface area (Å²) in [7, 11) is 1.81. The average Bonchev–Trinajstić information content (AvgIpc) is 3.30. The van der Waals surface area contributed by atoms with Crippen LogP contribution >= 0.6 is 0 Å². The van der Waals surface area contributed by atoms with Crippen molar-refractivity contribution in [3.63, 3.8) is 0 Å². The maximum Gasteiger partial charge on any atom is 0.309 e.